The van der Waals surface area contributed by atoms with E-state index in [2.05, 4.69) is 17.2 Å². The molecule has 0 saturated heterocycles. The number of nitrogens with one attached hydrogen (secondary N) is 2. The van der Waals surface area contributed by atoms with Crippen LogP contribution in [0.25, 0.3) is 11.0 Å². The van der Waals surface area contributed by atoms with Gasteiger partial charge in [-0.3, -0.25) is 4.57 Å². The van der Waals surface area contributed by atoms with Crippen molar-refractivity contribution in [1.29, 1.82) is 0 Å². The van der Waals surface area contributed by atoms with Crippen molar-refractivity contribution < 1.29 is 9.84 Å². The summed E-state index contributed by atoms with van der Waals surface area (Å²) in [6.07, 6.45) is 1.33. The number of unbranched alkanes of at least 4 members (excludes halogenated alkanes) is 1. The number of fused-ring (bicyclic) bond motifs is 1. The number of benzene rings is 1. The van der Waals surface area contributed by atoms with Crippen molar-refractivity contribution in [2.45, 2.75) is 58.7 Å². The summed E-state index contributed by atoms with van der Waals surface area (Å²) in [4.78, 5) is 15.0. The lowest BCUT2D eigenvalue weighted by molar-refractivity contribution is 0.101. The Labute approximate surface area is 142 Å². The highest BCUT2D eigenvalue weighted by Crippen LogP contribution is 2.24. The van der Waals surface area contributed by atoms with Gasteiger partial charge in [-0.25, -0.2) is 4.79 Å². The number of ether oxygens (including phenoxy) is 1. The van der Waals surface area contributed by atoms with Crippen molar-refractivity contribution in [3.63, 3.8) is 0 Å². The molecule has 0 spiro atoms. The van der Waals surface area contributed by atoms with Crippen LogP contribution in [-0.4, -0.2) is 39.5 Å². The molecule has 0 aliphatic carbocycles. The molecule has 0 aliphatic rings. The number of aromatic amines is 1. The zero-order valence-electron chi connectivity index (χ0n) is 15.1. The number of hydrogen-bond acceptors (Lipinski definition) is 4. The standard InChI is InChI=1S/C18H29N3O3/c1-5-6-10-21-16-14(20-17(21)23)8-7-9-15(16)24-12-13(22)11-19-18(2,3)4/h7-9,13,19,22H,5-6,10-12H2,1-4H3,(H,20,23). The number of aliphatic hydroxyl groups is 1. The minimum absolute atomic E-state index is 0.0533. The van der Waals surface area contributed by atoms with Crippen molar-refractivity contribution >= 4 is 11.0 Å². The van der Waals surface area contributed by atoms with Gasteiger partial charge in [0.05, 0.1) is 5.52 Å². The summed E-state index contributed by atoms with van der Waals surface area (Å²) in [6, 6.07) is 5.54. The average Bonchev–Trinajstić information content (AvgIpc) is 2.84. The normalized spacial score (nSPS) is 13.4. The molecule has 0 fully saturated rings. The van der Waals surface area contributed by atoms with Gasteiger partial charge in [0.1, 0.15) is 24.0 Å². The molecule has 3 N–H and O–H groups in total. The average molecular weight is 335 g/mol. The van der Waals surface area contributed by atoms with Crippen LogP contribution in [0, 0.1) is 0 Å². The fourth-order valence-electron chi connectivity index (χ4n) is 2.50. The fraction of sp³-hybridized carbons (Fsp3) is 0.611. The van der Waals surface area contributed by atoms with Crippen LogP contribution in [0.5, 0.6) is 5.75 Å². The summed E-state index contributed by atoms with van der Waals surface area (Å²) in [5.74, 6) is 0.622. The molecule has 1 unspecified atom stereocenters. The second-order valence-corrected chi connectivity index (χ2v) is 7.18. The Morgan fingerprint density at radius 3 is 2.79 bits per heavy atom. The molecule has 1 aromatic carbocycles. The third-order valence-corrected chi connectivity index (χ3v) is 3.79. The van der Waals surface area contributed by atoms with Crippen LogP contribution < -0.4 is 15.7 Å². The van der Waals surface area contributed by atoms with E-state index >= 15 is 0 Å². The quantitative estimate of drug-likeness (QED) is 0.691. The molecule has 2 aromatic rings. The zero-order chi connectivity index (χ0) is 17.7. The molecule has 0 radical (unpaired) electrons. The van der Waals surface area contributed by atoms with Gasteiger partial charge in [0.2, 0.25) is 0 Å². The molecule has 0 amide bonds. The Kier molecular flexibility index (Phi) is 6.07. The molecule has 0 aliphatic heterocycles. The molecule has 24 heavy (non-hydrogen) atoms. The maximum absolute atomic E-state index is 12.1. The first-order valence-corrected chi connectivity index (χ1v) is 8.59. The van der Waals surface area contributed by atoms with Crippen molar-refractivity contribution in [3.8, 4) is 5.75 Å². The van der Waals surface area contributed by atoms with Gasteiger partial charge in [0, 0.05) is 18.6 Å². The Hall–Kier alpha value is -1.79. The lowest BCUT2D eigenvalue weighted by Crippen LogP contribution is -2.42. The van der Waals surface area contributed by atoms with Gasteiger partial charge in [-0.1, -0.05) is 19.4 Å². The van der Waals surface area contributed by atoms with Crippen LogP contribution in [0.3, 0.4) is 0 Å². The van der Waals surface area contributed by atoms with E-state index in [1.165, 1.54) is 0 Å². The molecule has 6 nitrogen and oxygen atoms in total. The monoisotopic (exact) mass is 335 g/mol. The summed E-state index contributed by atoms with van der Waals surface area (Å²) < 4.78 is 7.53. The minimum atomic E-state index is -0.616. The number of aliphatic hydroxyl groups excluding tert-OH is 1. The summed E-state index contributed by atoms with van der Waals surface area (Å²) in [7, 11) is 0. The third kappa shape index (κ3) is 4.85. The smallest absolute Gasteiger partial charge is 0.326 e. The van der Waals surface area contributed by atoms with E-state index in [1.807, 2.05) is 39.0 Å². The van der Waals surface area contributed by atoms with Gasteiger partial charge >= 0.3 is 5.69 Å². The Bertz CT molecular complexity index is 712. The van der Waals surface area contributed by atoms with Gasteiger partial charge in [-0.05, 0) is 39.3 Å². The molecule has 134 valence electrons. The first kappa shape index (κ1) is 18.5. The number of aryl methyl sites for hydroxylation is 1. The second-order valence-electron chi connectivity index (χ2n) is 7.18. The van der Waals surface area contributed by atoms with Gasteiger partial charge < -0.3 is 20.1 Å². The van der Waals surface area contributed by atoms with Crippen LogP contribution in [-0.2, 0) is 6.54 Å². The fourth-order valence-corrected chi connectivity index (χ4v) is 2.50. The zero-order valence-corrected chi connectivity index (χ0v) is 15.1. The van der Waals surface area contributed by atoms with E-state index in [9.17, 15) is 9.90 Å². The Balaban J connectivity index is 2.12. The van der Waals surface area contributed by atoms with Gasteiger partial charge in [-0.15, -0.1) is 0 Å². The number of hydrogen-bond donors (Lipinski definition) is 3. The molecule has 1 atom stereocenters. The minimum Gasteiger partial charge on any atom is -0.489 e. The highest BCUT2D eigenvalue weighted by atomic mass is 16.5. The number of H-pyrrole nitrogens is 1. The lowest BCUT2D eigenvalue weighted by atomic mass is 10.1. The molecule has 1 aromatic heterocycles. The Morgan fingerprint density at radius 1 is 1.38 bits per heavy atom. The lowest BCUT2D eigenvalue weighted by Gasteiger charge is -2.23. The summed E-state index contributed by atoms with van der Waals surface area (Å²) in [5.41, 5.74) is 1.36. The Morgan fingerprint density at radius 2 is 2.12 bits per heavy atom. The number of nitrogens with zero attached hydrogens (tertiary/aromatic N) is 1. The predicted octanol–water partition coefficient (Wildman–Crippen LogP) is 2.26. The highest BCUT2D eigenvalue weighted by molar-refractivity contribution is 5.82. The number of β-amino-alcohol motifs (C(OH)–C–C–N with tert-alkyl or cyclic N) is 1. The molecular weight excluding hydrogens is 306 g/mol. The van der Waals surface area contributed by atoms with Gasteiger partial charge in [-0.2, -0.15) is 0 Å². The van der Waals surface area contributed by atoms with Crippen LogP contribution in [0.1, 0.15) is 40.5 Å². The van der Waals surface area contributed by atoms with E-state index in [4.69, 9.17) is 4.74 Å². The summed E-state index contributed by atoms with van der Waals surface area (Å²) in [6.45, 7) is 9.53. The van der Waals surface area contributed by atoms with Gasteiger partial charge in [0.25, 0.3) is 0 Å². The number of rotatable bonds is 8. The van der Waals surface area contributed by atoms with Crippen LogP contribution >= 0.6 is 0 Å². The van der Waals surface area contributed by atoms with Crippen molar-refractivity contribution in [1.82, 2.24) is 14.9 Å². The third-order valence-electron chi connectivity index (χ3n) is 3.79. The van der Waals surface area contributed by atoms with Crippen molar-refractivity contribution in [2.75, 3.05) is 13.2 Å². The molecule has 6 heteroatoms. The van der Waals surface area contributed by atoms with E-state index in [-0.39, 0.29) is 17.8 Å². The largest absolute Gasteiger partial charge is 0.489 e. The number of imidazole rings is 1. The summed E-state index contributed by atoms with van der Waals surface area (Å²) >= 11 is 0. The highest BCUT2D eigenvalue weighted by Gasteiger charge is 2.15. The molecule has 0 saturated carbocycles. The summed E-state index contributed by atoms with van der Waals surface area (Å²) in [5, 5.41) is 13.3. The van der Waals surface area contributed by atoms with E-state index in [0.29, 0.717) is 18.8 Å². The van der Waals surface area contributed by atoms with Crippen LogP contribution in [0.15, 0.2) is 23.0 Å². The van der Waals surface area contributed by atoms with Gasteiger partial charge in [0.15, 0.2) is 0 Å². The molecule has 2 rings (SSSR count). The first-order valence-electron chi connectivity index (χ1n) is 8.59. The second kappa shape index (κ2) is 7.85. The first-order chi connectivity index (χ1) is 11.3. The van der Waals surface area contributed by atoms with E-state index < -0.39 is 6.10 Å². The maximum atomic E-state index is 12.1. The van der Waals surface area contributed by atoms with Crippen LogP contribution in [0.2, 0.25) is 0 Å². The maximum Gasteiger partial charge on any atom is 0.326 e. The van der Waals surface area contributed by atoms with E-state index in [1.54, 1.807) is 4.57 Å². The molecule has 0 bridgehead atoms. The van der Waals surface area contributed by atoms with Crippen LogP contribution in [0.4, 0.5) is 0 Å². The number of aromatic nitrogens is 2. The van der Waals surface area contributed by atoms with E-state index in [0.717, 1.165) is 23.9 Å². The topological polar surface area (TPSA) is 79.3 Å². The van der Waals surface area contributed by atoms with Crippen molar-refractivity contribution in [2.24, 2.45) is 0 Å². The predicted molar refractivity (Wildman–Crippen MR) is 96.7 cm³/mol. The van der Waals surface area contributed by atoms with Crippen molar-refractivity contribution in [3.05, 3.63) is 28.7 Å². The molecular formula is C18H29N3O3. The SMILES string of the molecule is CCCCn1c(=O)[nH]c2cccc(OCC(O)CNC(C)(C)C)c21. The molecule has 1 heterocycles. The number of para-hydroxylation sites is 1.